The Kier molecular flexibility index (Phi) is 6.70. The second kappa shape index (κ2) is 7.80. The highest BCUT2D eigenvalue weighted by atomic mass is 16.5. The van der Waals surface area contributed by atoms with E-state index in [1.165, 1.54) is 11.1 Å². The molecule has 0 heterocycles. The van der Waals surface area contributed by atoms with Gasteiger partial charge in [0.15, 0.2) is 0 Å². The zero-order valence-electron chi connectivity index (χ0n) is 14.0. The Balaban J connectivity index is 2.57. The molecule has 2 nitrogen and oxygen atoms in total. The van der Waals surface area contributed by atoms with Gasteiger partial charge < -0.3 is 10.1 Å². The standard InChI is InChI=1S/C18H31NO/c1-14(2)11-15(3)20-13-17-10-8-7-9-16(17)12-19-18(4,5)6/h7-10,14-15,19H,11-13H2,1-6H3. The summed E-state index contributed by atoms with van der Waals surface area (Å²) in [6.45, 7) is 14.8. The quantitative estimate of drug-likeness (QED) is 0.791. The Bertz CT molecular complexity index is 393. The van der Waals surface area contributed by atoms with Crippen molar-refractivity contribution in [2.75, 3.05) is 0 Å². The molecule has 0 aromatic heterocycles. The summed E-state index contributed by atoms with van der Waals surface area (Å²) in [4.78, 5) is 0. The number of hydrogen-bond acceptors (Lipinski definition) is 2. The van der Waals surface area contributed by atoms with E-state index in [0.29, 0.717) is 18.6 Å². The molecule has 0 aliphatic rings. The Morgan fingerprint density at radius 1 is 1.05 bits per heavy atom. The molecule has 0 radical (unpaired) electrons. The van der Waals surface area contributed by atoms with Gasteiger partial charge in [-0.25, -0.2) is 0 Å². The highest BCUT2D eigenvalue weighted by molar-refractivity contribution is 5.26. The van der Waals surface area contributed by atoms with Crippen molar-refractivity contribution < 1.29 is 4.74 Å². The summed E-state index contributed by atoms with van der Waals surface area (Å²) in [7, 11) is 0. The van der Waals surface area contributed by atoms with Gasteiger partial charge in [0, 0.05) is 12.1 Å². The third-order valence-corrected chi connectivity index (χ3v) is 3.25. The minimum absolute atomic E-state index is 0.138. The number of ether oxygens (including phenoxy) is 1. The lowest BCUT2D eigenvalue weighted by atomic mass is 10.0. The van der Waals surface area contributed by atoms with Crippen LogP contribution in [0.2, 0.25) is 0 Å². The molecule has 0 bridgehead atoms. The maximum absolute atomic E-state index is 5.98. The van der Waals surface area contributed by atoms with Gasteiger partial charge in [0.25, 0.3) is 0 Å². The predicted octanol–water partition coefficient (Wildman–Crippen LogP) is 4.53. The lowest BCUT2D eigenvalue weighted by Crippen LogP contribution is -2.35. The molecule has 114 valence electrons. The Hall–Kier alpha value is -0.860. The SMILES string of the molecule is CC(C)CC(C)OCc1ccccc1CNC(C)(C)C. The number of benzene rings is 1. The normalized spacial score (nSPS) is 13.8. The smallest absolute Gasteiger partial charge is 0.0723 e. The van der Waals surface area contributed by atoms with Crippen molar-refractivity contribution in [3.05, 3.63) is 35.4 Å². The maximum atomic E-state index is 5.98. The Morgan fingerprint density at radius 2 is 1.65 bits per heavy atom. The molecule has 0 fully saturated rings. The van der Waals surface area contributed by atoms with Crippen LogP contribution in [0.3, 0.4) is 0 Å². The molecule has 0 saturated carbocycles. The molecular weight excluding hydrogens is 246 g/mol. The van der Waals surface area contributed by atoms with Crippen molar-refractivity contribution in [3.63, 3.8) is 0 Å². The molecule has 1 atom stereocenters. The molecule has 1 N–H and O–H groups in total. The van der Waals surface area contributed by atoms with Crippen LogP contribution in [-0.2, 0) is 17.9 Å². The highest BCUT2D eigenvalue weighted by Gasteiger charge is 2.11. The van der Waals surface area contributed by atoms with E-state index in [0.717, 1.165) is 13.0 Å². The van der Waals surface area contributed by atoms with E-state index in [1.807, 2.05) is 0 Å². The second-order valence-electron chi connectivity index (χ2n) is 7.12. The van der Waals surface area contributed by atoms with Gasteiger partial charge in [-0.3, -0.25) is 0 Å². The van der Waals surface area contributed by atoms with Crippen molar-refractivity contribution in [2.45, 2.75) is 72.8 Å². The minimum atomic E-state index is 0.138. The van der Waals surface area contributed by atoms with Gasteiger partial charge in [0.05, 0.1) is 12.7 Å². The lowest BCUT2D eigenvalue weighted by Gasteiger charge is -2.22. The fraction of sp³-hybridized carbons (Fsp3) is 0.667. The Morgan fingerprint density at radius 3 is 2.20 bits per heavy atom. The summed E-state index contributed by atoms with van der Waals surface area (Å²) in [5, 5.41) is 3.54. The molecule has 0 aliphatic carbocycles. The topological polar surface area (TPSA) is 21.3 Å². The number of nitrogens with one attached hydrogen (secondary N) is 1. The lowest BCUT2D eigenvalue weighted by molar-refractivity contribution is 0.0392. The van der Waals surface area contributed by atoms with Crippen LogP contribution in [0.1, 0.15) is 59.1 Å². The zero-order chi connectivity index (χ0) is 15.2. The van der Waals surface area contributed by atoms with Crippen molar-refractivity contribution in [1.82, 2.24) is 5.32 Å². The number of hydrogen-bond donors (Lipinski definition) is 1. The predicted molar refractivity (Wildman–Crippen MR) is 86.7 cm³/mol. The molecule has 1 aromatic rings. The molecule has 2 heteroatoms. The van der Waals surface area contributed by atoms with Gasteiger partial charge in [-0.05, 0) is 51.2 Å². The molecular formula is C18H31NO. The first-order valence-corrected chi connectivity index (χ1v) is 7.71. The largest absolute Gasteiger partial charge is 0.374 e. The van der Waals surface area contributed by atoms with Crippen LogP contribution in [0.25, 0.3) is 0 Å². The molecule has 1 rings (SSSR count). The molecule has 20 heavy (non-hydrogen) atoms. The average molecular weight is 277 g/mol. The van der Waals surface area contributed by atoms with Gasteiger partial charge in [-0.1, -0.05) is 38.1 Å². The van der Waals surface area contributed by atoms with Crippen LogP contribution in [0.5, 0.6) is 0 Å². The molecule has 1 aromatic carbocycles. The van der Waals surface area contributed by atoms with Gasteiger partial charge in [0.1, 0.15) is 0 Å². The van der Waals surface area contributed by atoms with Crippen molar-refractivity contribution in [3.8, 4) is 0 Å². The van der Waals surface area contributed by atoms with Gasteiger partial charge in [-0.2, -0.15) is 0 Å². The third-order valence-electron chi connectivity index (χ3n) is 3.25. The fourth-order valence-corrected chi connectivity index (χ4v) is 2.20. The minimum Gasteiger partial charge on any atom is -0.374 e. The van der Waals surface area contributed by atoms with E-state index in [4.69, 9.17) is 4.74 Å². The van der Waals surface area contributed by atoms with Crippen molar-refractivity contribution >= 4 is 0 Å². The van der Waals surface area contributed by atoms with Crippen LogP contribution < -0.4 is 5.32 Å². The van der Waals surface area contributed by atoms with E-state index >= 15 is 0 Å². The van der Waals surface area contributed by atoms with E-state index in [9.17, 15) is 0 Å². The van der Waals surface area contributed by atoms with Crippen LogP contribution >= 0.6 is 0 Å². The summed E-state index contributed by atoms with van der Waals surface area (Å²) in [5.41, 5.74) is 2.76. The first kappa shape index (κ1) is 17.2. The van der Waals surface area contributed by atoms with Gasteiger partial charge in [-0.15, -0.1) is 0 Å². The molecule has 0 saturated heterocycles. The van der Waals surface area contributed by atoms with Crippen LogP contribution in [-0.4, -0.2) is 11.6 Å². The van der Waals surface area contributed by atoms with Crippen LogP contribution in [0, 0.1) is 5.92 Å². The van der Waals surface area contributed by atoms with E-state index < -0.39 is 0 Å². The summed E-state index contributed by atoms with van der Waals surface area (Å²) >= 11 is 0. The fourth-order valence-electron chi connectivity index (χ4n) is 2.20. The summed E-state index contributed by atoms with van der Waals surface area (Å²) < 4.78 is 5.98. The van der Waals surface area contributed by atoms with E-state index in [1.54, 1.807) is 0 Å². The maximum Gasteiger partial charge on any atom is 0.0723 e. The van der Waals surface area contributed by atoms with Crippen LogP contribution in [0.4, 0.5) is 0 Å². The second-order valence-corrected chi connectivity index (χ2v) is 7.12. The monoisotopic (exact) mass is 277 g/mol. The van der Waals surface area contributed by atoms with Crippen molar-refractivity contribution in [2.24, 2.45) is 5.92 Å². The first-order valence-electron chi connectivity index (χ1n) is 7.71. The summed E-state index contributed by atoms with van der Waals surface area (Å²) in [5.74, 6) is 0.683. The molecule has 0 amide bonds. The third kappa shape index (κ3) is 7.06. The van der Waals surface area contributed by atoms with Gasteiger partial charge in [0.2, 0.25) is 0 Å². The highest BCUT2D eigenvalue weighted by Crippen LogP contribution is 2.15. The van der Waals surface area contributed by atoms with E-state index in [-0.39, 0.29) is 5.54 Å². The van der Waals surface area contributed by atoms with E-state index in [2.05, 4.69) is 71.1 Å². The molecule has 1 unspecified atom stereocenters. The first-order chi connectivity index (χ1) is 9.28. The van der Waals surface area contributed by atoms with Gasteiger partial charge >= 0.3 is 0 Å². The van der Waals surface area contributed by atoms with Crippen molar-refractivity contribution in [1.29, 1.82) is 0 Å². The molecule has 0 aliphatic heterocycles. The number of rotatable bonds is 7. The molecule has 0 spiro atoms. The average Bonchev–Trinajstić information content (AvgIpc) is 2.33. The zero-order valence-corrected chi connectivity index (χ0v) is 14.0. The Labute approximate surface area is 124 Å². The van der Waals surface area contributed by atoms with Crippen LogP contribution in [0.15, 0.2) is 24.3 Å². The summed E-state index contributed by atoms with van der Waals surface area (Å²) in [6, 6.07) is 8.54. The summed E-state index contributed by atoms with van der Waals surface area (Å²) in [6.07, 6.45) is 1.43.